The van der Waals surface area contributed by atoms with E-state index in [0.29, 0.717) is 32.6 Å². The van der Waals surface area contributed by atoms with E-state index in [4.69, 9.17) is 4.74 Å². The van der Waals surface area contributed by atoms with Crippen molar-refractivity contribution >= 4 is 23.6 Å². The Hall–Kier alpha value is -2.57. The SMILES string of the molecule is CC(C)(C)OC(=O)N1CCCN(C(=O)CN2C(=O)C(C)(C)c3ccccc32)CC1. The van der Waals surface area contributed by atoms with Crippen molar-refractivity contribution in [1.82, 2.24) is 9.80 Å². The maximum atomic E-state index is 13.0. The van der Waals surface area contributed by atoms with Crippen molar-refractivity contribution in [3.8, 4) is 0 Å². The number of fused-ring (bicyclic) bond motifs is 1. The van der Waals surface area contributed by atoms with E-state index in [-0.39, 0.29) is 24.5 Å². The highest BCUT2D eigenvalue weighted by molar-refractivity contribution is 6.10. The minimum absolute atomic E-state index is 0.0196. The van der Waals surface area contributed by atoms with Gasteiger partial charge in [0.15, 0.2) is 0 Å². The zero-order valence-electron chi connectivity index (χ0n) is 18.0. The van der Waals surface area contributed by atoms with Gasteiger partial charge in [-0.3, -0.25) is 9.59 Å². The molecular weight excluding hydrogens is 370 g/mol. The Labute approximate surface area is 172 Å². The van der Waals surface area contributed by atoms with Gasteiger partial charge in [0.25, 0.3) is 0 Å². The summed E-state index contributed by atoms with van der Waals surface area (Å²) in [6.45, 7) is 11.3. The summed E-state index contributed by atoms with van der Waals surface area (Å²) in [6.07, 6.45) is 0.332. The fourth-order valence-electron chi connectivity index (χ4n) is 3.87. The molecule has 2 aliphatic rings. The fraction of sp³-hybridized carbons (Fsp3) is 0.591. The van der Waals surface area contributed by atoms with Crippen LogP contribution in [0.2, 0.25) is 0 Å². The van der Waals surface area contributed by atoms with E-state index in [1.54, 1.807) is 14.7 Å². The Morgan fingerprint density at radius 2 is 1.66 bits per heavy atom. The van der Waals surface area contributed by atoms with E-state index in [9.17, 15) is 14.4 Å². The highest BCUT2D eigenvalue weighted by Gasteiger charge is 2.44. The smallest absolute Gasteiger partial charge is 0.410 e. The largest absolute Gasteiger partial charge is 0.444 e. The molecular formula is C22H31N3O4. The minimum Gasteiger partial charge on any atom is -0.444 e. The van der Waals surface area contributed by atoms with Gasteiger partial charge >= 0.3 is 6.09 Å². The molecule has 3 amide bonds. The first-order valence-electron chi connectivity index (χ1n) is 10.2. The monoisotopic (exact) mass is 401 g/mol. The van der Waals surface area contributed by atoms with Crippen LogP contribution in [-0.2, 0) is 19.7 Å². The third kappa shape index (κ3) is 4.38. The Balaban J connectivity index is 1.65. The second-order valence-corrected chi connectivity index (χ2v) is 9.24. The lowest BCUT2D eigenvalue weighted by Gasteiger charge is -2.27. The molecule has 0 aliphatic carbocycles. The van der Waals surface area contributed by atoms with Crippen LogP contribution in [0.15, 0.2) is 24.3 Å². The molecule has 1 aromatic rings. The molecule has 1 aromatic carbocycles. The van der Waals surface area contributed by atoms with Crippen molar-refractivity contribution in [3.05, 3.63) is 29.8 Å². The van der Waals surface area contributed by atoms with Crippen LogP contribution in [0, 0.1) is 0 Å². The van der Waals surface area contributed by atoms with Crippen LogP contribution in [0.1, 0.15) is 46.6 Å². The maximum absolute atomic E-state index is 13.0. The molecule has 0 saturated carbocycles. The fourth-order valence-corrected chi connectivity index (χ4v) is 3.87. The number of para-hydroxylation sites is 1. The lowest BCUT2D eigenvalue weighted by atomic mass is 9.86. The normalized spacial score (nSPS) is 19.1. The summed E-state index contributed by atoms with van der Waals surface area (Å²) in [7, 11) is 0. The molecule has 7 heteroatoms. The molecule has 158 valence electrons. The summed E-state index contributed by atoms with van der Waals surface area (Å²) in [5, 5.41) is 0. The van der Waals surface area contributed by atoms with Crippen molar-refractivity contribution in [3.63, 3.8) is 0 Å². The standard InChI is InChI=1S/C22H31N3O4/c1-21(2,3)29-20(28)24-12-8-11-23(13-14-24)18(26)15-25-17-10-7-6-9-16(17)22(4,5)19(25)27/h6-7,9-10H,8,11-15H2,1-5H3. The molecule has 1 fully saturated rings. The number of hydrogen-bond acceptors (Lipinski definition) is 4. The number of benzene rings is 1. The van der Waals surface area contributed by atoms with Gasteiger partial charge in [-0.15, -0.1) is 0 Å². The van der Waals surface area contributed by atoms with Crippen molar-refractivity contribution in [2.75, 3.05) is 37.6 Å². The summed E-state index contributed by atoms with van der Waals surface area (Å²) in [6, 6.07) is 7.64. The molecule has 3 rings (SSSR count). The Morgan fingerprint density at radius 1 is 1.03 bits per heavy atom. The molecule has 2 aliphatic heterocycles. The average molecular weight is 402 g/mol. The van der Waals surface area contributed by atoms with E-state index in [0.717, 1.165) is 11.3 Å². The van der Waals surface area contributed by atoms with Crippen LogP contribution in [0.4, 0.5) is 10.5 Å². The van der Waals surface area contributed by atoms with Crippen molar-refractivity contribution in [1.29, 1.82) is 0 Å². The van der Waals surface area contributed by atoms with Gasteiger partial charge in [-0.2, -0.15) is 0 Å². The maximum Gasteiger partial charge on any atom is 0.410 e. The number of anilines is 1. The van der Waals surface area contributed by atoms with Crippen LogP contribution >= 0.6 is 0 Å². The van der Waals surface area contributed by atoms with Crippen LogP contribution < -0.4 is 4.90 Å². The summed E-state index contributed by atoms with van der Waals surface area (Å²) < 4.78 is 5.44. The van der Waals surface area contributed by atoms with Crippen LogP contribution in [0.25, 0.3) is 0 Å². The molecule has 1 saturated heterocycles. The summed E-state index contributed by atoms with van der Waals surface area (Å²) >= 11 is 0. The molecule has 29 heavy (non-hydrogen) atoms. The zero-order chi connectivity index (χ0) is 21.4. The van der Waals surface area contributed by atoms with Crippen LogP contribution in [-0.4, -0.2) is 66.0 Å². The highest BCUT2D eigenvalue weighted by atomic mass is 16.6. The van der Waals surface area contributed by atoms with Gasteiger partial charge in [0, 0.05) is 31.9 Å². The summed E-state index contributed by atoms with van der Waals surface area (Å²) in [4.78, 5) is 43.2. The number of carbonyl (C=O) groups excluding carboxylic acids is 3. The quantitative estimate of drug-likeness (QED) is 0.764. The average Bonchev–Trinajstić information content (AvgIpc) is 2.82. The van der Waals surface area contributed by atoms with E-state index >= 15 is 0 Å². The molecule has 0 radical (unpaired) electrons. The first-order valence-corrected chi connectivity index (χ1v) is 10.2. The van der Waals surface area contributed by atoms with Gasteiger partial charge < -0.3 is 19.4 Å². The molecule has 0 unspecified atom stereocenters. The number of nitrogens with zero attached hydrogens (tertiary/aromatic N) is 3. The number of ether oxygens (including phenoxy) is 1. The predicted molar refractivity (Wildman–Crippen MR) is 111 cm³/mol. The van der Waals surface area contributed by atoms with Gasteiger partial charge in [0.2, 0.25) is 11.8 Å². The van der Waals surface area contributed by atoms with Crippen molar-refractivity contribution in [2.24, 2.45) is 0 Å². The number of amides is 3. The molecule has 0 spiro atoms. The van der Waals surface area contributed by atoms with Gasteiger partial charge in [-0.05, 0) is 52.7 Å². The topological polar surface area (TPSA) is 70.2 Å². The first kappa shape index (κ1) is 21.1. The third-order valence-electron chi connectivity index (χ3n) is 5.44. The number of carbonyl (C=O) groups is 3. The van der Waals surface area contributed by atoms with Crippen molar-refractivity contribution in [2.45, 2.75) is 52.1 Å². The highest BCUT2D eigenvalue weighted by Crippen LogP contribution is 2.41. The lowest BCUT2D eigenvalue weighted by Crippen LogP contribution is -2.45. The van der Waals surface area contributed by atoms with Gasteiger partial charge in [-0.25, -0.2) is 4.79 Å². The van der Waals surface area contributed by atoms with E-state index in [1.165, 1.54) is 0 Å². The van der Waals surface area contributed by atoms with Crippen LogP contribution in [0.3, 0.4) is 0 Å². The molecule has 0 aromatic heterocycles. The predicted octanol–water partition coefficient (Wildman–Crippen LogP) is 2.78. The van der Waals surface area contributed by atoms with Gasteiger partial charge in [0.05, 0.1) is 5.41 Å². The molecule has 0 atom stereocenters. The lowest BCUT2D eigenvalue weighted by molar-refractivity contribution is -0.131. The number of hydrogen-bond donors (Lipinski definition) is 0. The van der Waals surface area contributed by atoms with E-state index in [1.807, 2.05) is 58.9 Å². The Morgan fingerprint density at radius 3 is 2.34 bits per heavy atom. The van der Waals surface area contributed by atoms with Gasteiger partial charge in [-0.1, -0.05) is 18.2 Å². The first-order chi connectivity index (χ1) is 13.5. The van der Waals surface area contributed by atoms with E-state index < -0.39 is 11.0 Å². The number of rotatable bonds is 2. The van der Waals surface area contributed by atoms with E-state index in [2.05, 4.69) is 0 Å². The molecule has 7 nitrogen and oxygen atoms in total. The summed E-state index contributed by atoms with van der Waals surface area (Å²) in [5.41, 5.74) is 0.573. The minimum atomic E-state index is -0.636. The van der Waals surface area contributed by atoms with Crippen molar-refractivity contribution < 1.29 is 19.1 Å². The molecule has 0 N–H and O–H groups in total. The van der Waals surface area contributed by atoms with Gasteiger partial charge in [0.1, 0.15) is 12.1 Å². The second-order valence-electron chi connectivity index (χ2n) is 9.24. The Bertz CT molecular complexity index is 813. The molecule has 0 bridgehead atoms. The zero-order valence-corrected chi connectivity index (χ0v) is 18.0. The summed E-state index contributed by atoms with van der Waals surface area (Å²) in [5.74, 6) is -0.158. The molecule has 2 heterocycles. The van der Waals surface area contributed by atoms with Crippen LogP contribution in [0.5, 0.6) is 0 Å². The second kappa shape index (κ2) is 7.69. The third-order valence-corrected chi connectivity index (χ3v) is 5.44. The Kier molecular flexibility index (Phi) is 5.61.